The largest absolute Gasteiger partial charge is 0.355 e. The summed E-state index contributed by atoms with van der Waals surface area (Å²) in [6.07, 6.45) is 2.18. The third-order valence-electron chi connectivity index (χ3n) is 5.80. The Labute approximate surface area is 183 Å². The molecule has 1 fully saturated rings. The highest BCUT2D eigenvalue weighted by Gasteiger charge is 2.30. The molecule has 0 unspecified atom stereocenters. The maximum absolute atomic E-state index is 13.0. The number of aromatic nitrogens is 1. The second-order valence-corrected chi connectivity index (χ2v) is 9.76. The van der Waals surface area contributed by atoms with Crippen LogP contribution >= 0.6 is 0 Å². The van der Waals surface area contributed by atoms with Gasteiger partial charge in [-0.15, -0.1) is 0 Å². The van der Waals surface area contributed by atoms with Gasteiger partial charge in [0.1, 0.15) is 0 Å². The number of H-pyrrole nitrogens is 1. The van der Waals surface area contributed by atoms with E-state index in [-0.39, 0.29) is 23.1 Å². The fraction of sp³-hybridized carbons (Fsp3) is 0.385. The first-order valence-corrected chi connectivity index (χ1v) is 11.1. The standard InChI is InChI=1S/C26H31N3O2/c1-26(2,3)16-24(30)29-13-7-10-20(17-29)25(31)27-21-11-6-9-18(14-21)23-15-19-8-4-5-12-22(19)28-23/h4-6,8-9,11-12,14-15,20,28H,7,10,13,16-17H2,1-3H3,(H,27,31)/t20-/m0/s1. The van der Waals surface area contributed by atoms with Gasteiger partial charge in [0.15, 0.2) is 0 Å². The molecule has 162 valence electrons. The molecule has 5 nitrogen and oxygen atoms in total. The number of rotatable bonds is 4. The molecule has 2 heterocycles. The minimum absolute atomic E-state index is 0.0120. The Bertz CT molecular complexity index is 1060. The van der Waals surface area contributed by atoms with Gasteiger partial charge in [-0.1, -0.05) is 51.1 Å². The number of fused-ring (bicyclic) bond motifs is 1. The number of carbonyl (C=O) groups excluding carboxylic acids is 2. The minimum atomic E-state index is -0.172. The van der Waals surface area contributed by atoms with E-state index >= 15 is 0 Å². The van der Waals surface area contributed by atoms with Crippen LogP contribution in [0, 0.1) is 11.3 Å². The zero-order valence-electron chi connectivity index (χ0n) is 18.6. The predicted molar refractivity (Wildman–Crippen MR) is 126 cm³/mol. The van der Waals surface area contributed by atoms with E-state index in [9.17, 15) is 9.59 Å². The van der Waals surface area contributed by atoms with Crippen LogP contribution in [0.2, 0.25) is 0 Å². The van der Waals surface area contributed by atoms with Crippen molar-refractivity contribution in [3.8, 4) is 11.3 Å². The topological polar surface area (TPSA) is 65.2 Å². The van der Waals surface area contributed by atoms with E-state index in [0.717, 1.165) is 47.2 Å². The van der Waals surface area contributed by atoms with Crippen molar-refractivity contribution in [1.82, 2.24) is 9.88 Å². The van der Waals surface area contributed by atoms with Crippen molar-refractivity contribution in [2.24, 2.45) is 11.3 Å². The van der Waals surface area contributed by atoms with Gasteiger partial charge in [0.2, 0.25) is 11.8 Å². The Hall–Kier alpha value is -3.08. The summed E-state index contributed by atoms with van der Waals surface area (Å²) in [4.78, 5) is 30.9. The number of hydrogen-bond donors (Lipinski definition) is 2. The van der Waals surface area contributed by atoms with Gasteiger partial charge in [0.05, 0.1) is 5.92 Å². The number of para-hydroxylation sites is 1. The van der Waals surface area contributed by atoms with Gasteiger partial charge in [-0.05, 0) is 42.5 Å². The van der Waals surface area contributed by atoms with Gasteiger partial charge in [-0.2, -0.15) is 0 Å². The van der Waals surface area contributed by atoms with Crippen LogP contribution in [0.4, 0.5) is 5.69 Å². The van der Waals surface area contributed by atoms with Crippen LogP contribution in [0.25, 0.3) is 22.2 Å². The van der Waals surface area contributed by atoms with Crippen LogP contribution in [0.5, 0.6) is 0 Å². The maximum atomic E-state index is 13.0. The molecule has 0 bridgehead atoms. The third-order valence-corrected chi connectivity index (χ3v) is 5.80. The summed E-state index contributed by atoms with van der Waals surface area (Å²) in [7, 11) is 0. The molecule has 3 aromatic rings. The summed E-state index contributed by atoms with van der Waals surface area (Å²) in [6, 6.07) is 18.2. The lowest BCUT2D eigenvalue weighted by Crippen LogP contribution is -2.44. The van der Waals surface area contributed by atoms with Gasteiger partial charge < -0.3 is 15.2 Å². The molecule has 31 heavy (non-hydrogen) atoms. The zero-order chi connectivity index (χ0) is 22.0. The highest BCUT2D eigenvalue weighted by molar-refractivity contribution is 5.94. The van der Waals surface area contributed by atoms with Crippen LogP contribution in [-0.2, 0) is 9.59 Å². The first-order chi connectivity index (χ1) is 14.8. The third kappa shape index (κ3) is 5.16. The minimum Gasteiger partial charge on any atom is -0.355 e. The summed E-state index contributed by atoms with van der Waals surface area (Å²) in [5, 5.41) is 4.23. The van der Waals surface area contributed by atoms with E-state index in [1.54, 1.807) is 0 Å². The summed E-state index contributed by atoms with van der Waals surface area (Å²) in [6.45, 7) is 7.45. The highest BCUT2D eigenvalue weighted by Crippen LogP contribution is 2.27. The summed E-state index contributed by atoms with van der Waals surface area (Å²) in [5.41, 5.74) is 3.87. The van der Waals surface area contributed by atoms with Crippen molar-refractivity contribution in [3.05, 3.63) is 54.6 Å². The summed E-state index contributed by atoms with van der Waals surface area (Å²) in [5.74, 6) is -0.0396. The van der Waals surface area contributed by atoms with Crippen LogP contribution in [-0.4, -0.2) is 34.8 Å². The quantitative estimate of drug-likeness (QED) is 0.593. The fourth-order valence-corrected chi connectivity index (χ4v) is 4.22. The molecule has 1 aliphatic heterocycles. The molecule has 0 saturated carbocycles. The molecule has 0 aliphatic carbocycles. The average molecular weight is 418 g/mol. The SMILES string of the molecule is CC(C)(C)CC(=O)N1CCC[C@H](C(=O)Nc2cccc(-c3cc4ccccc4[nH]3)c2)C1. The van der Waals surface area contributed by atoms with Crippen LogP contribution in [0.3, 0.4) is 0 Å². The Morgan fingerprint density at radius 1 is 1.10 bits per heavy atom. The molecule has 0 spiro atoms. The predicted octanol–water partition coefficient (Wildman–Crippen LogP) is 5.45. The lowest BCUT2D eigenvalue weighted by atomic mass is 9.90. The zero-order valence-corrected chi connectivity index (χ0v) is 18.6. The lowest BCUT2D eigenvalue weighted by molar-refractivity contribution is -0.136. The van der Waals surface area contributed by atoms with E-state index in [1.165, 1.54) is 0 Å². The van der Waals surface area contributed by atoms with Crippen LogP contribution in [0.1, 0.15) is 40.0 Å². The van der Waals surface area contributed by atoms with Gasteiger partial charge in [-0.25, -0.2) is 0 Å². The molecule has 2 aromatic carbocycles. The van der Waals surface area contributed by atoms with Crippen molar-refractivity contribution < 1.29 is 9.59 Å². The van der Waals surface area contributed by atoms with Crippen LogP contribution in [0.15, 0.2) is 54.6 Å². The number of amides is 2. The Kier molecular flexibility index (Phi) is 5.86. The number of benzene rings is 2. The number of anilines is 1. The number of nitrogens with one attached hydrogen (secondary N) is 2. The van der Waals surface area contributed by atoms with Gasteiger partial charge in [-0.3, -0.25) is 9.59 Å². The second-order valence-electron chi connectivity index (χ2n) is 9.76. The number of likely N-dealkylation sites (tertiary alicyclic amines) is 1. The molecule has 1 aliphatic rings. The molecule has 2 amide bonds. The Morgan fingerprint density at radius 2 is 1.90 bits per heavy atom. The van der Waals surface area contributed by atoms with Gasteiger partial charge >= 0.3 is 0 Å². The monoisotopic (exact) mass is 417 g/mol. The number of carbonyl (C=O) groups is 2. The van der Waals surface area contributed by atoms with E-state index < -0.39 is 0 Å². The van der Waals surface area contributed by atoms with Crippen molar-refractivity contribution in [1.29, 1.82) is 0 Å². The van der Waals surface area contributed by atoms with E-state index in [1.807, 2.05) is 41.3 Å². The second kappa shape index (κ2) is 8.58. The lowest BCUT2D eigenvalue weighted by Gasteiger charge is -2.33. The molecule has 2 N–H and O–H groups in total. The summed E-state index contributed by atoms with van der Waals surface area (Å²) < 4.78 is 0. The molecule has 1 saturated heterocycles. The van der Waals surface area contributed by atoms with E-state index in [0.29, 0.717) is 13.0 Å². The average Bonchev–Trinajstić information content (AvgIpc) is 3.17. The molecule has 0 radical (unpaired) electrons. The van der Waals surface area contributed by atoms with E-state index in [2.05, 4.69) is 49.3 Å². The molecule has 4 rings (SSSR count). The fourth-order valence-electron chi connectivity index (χ4n) is 4.22. The first-order valence-electron chi connectivity index (χ1n) is 11.1. The molecule has 5 heteroatoms. The number of hydrogen-bond acceptors (Lipinski definition) is 2. The van der Waals surface area contributed by atoms with Crippen molar-refractivity contribution in [2.45, 2.75) is 40.0 Å². The first kappa shape index (κ1) is 21.2. The number of nitrogens with zero attached hydrogens (tertiary/aromatic N) is 1. The molecule has 1 aromatic heterocycles. The molecule has 1 atom stereocenters. The molecular formula is C26H31N3O2. The van der Waals surface area contributed by atoms with Crippen molar-refractivity contribution in [3.63, 3.8) is 0 Å². The van der Waals surface area contributed by atoms with Crippen molar-refractivity contribution >= 4 is 28.4 Å². The molecular weight excluding hydrogens is 386 g/mol. The van der Waals surface area contributed by atoms with Crippen molar-refractivity contribution in [2.75, 3.05) is 18.4 Å². The Morgan fingerprint density at radius 3 is 2.68 bits per heavy atom. The Balaban J connectivity index is 1.43. The summed E-state index contributed by atoms with van der Waals surface area (Å²) >= 11 is 0. The van der Waals surface area contributed by atoms with Crippen LogP contribution < -0.4 is 5.32 Å². The van der Waals surface area contributed by atoms with Gasteiger partial charge in [0.25, 0.3) is 0 Å². The smallest absolute Gasteiger partial charge is 0.229 e. The number of aromatic amines is 1. The maximum Gasteiger partial charge on any atom is 0.229 e. The van der Waals surface area contributed by atoms with Gasteiger partial charge in [0, 0.05) is 47.4 Å². The highest BCUT2D eigenvalue weighted by atomic mass is 16.2. The number of piperidine rings is 1. The normalized spacial score (nSPS) is 17.0. The van der Waals surface area contributed by atoms with E-state index in [4.69, 9.17) is 0 Å².